The number of hydrogen-bond acceptors (Lipinski definition) is 4. The van der Waals surface area contributed by atoms with Gasteiger partial charge in [-0.1, -0.05) is 6.07 Å². The van der Waals surface area contributed by atoms with E-state index >= 15 is 0 Å². The molecule has 0 amide bonds. The van der Waals surface area contributed by atoms with Gasteiger partial charge in [0.15, 0.2) is 0 Å². The first-order chi connectivity index (χ1) is 8.56. The van der Waals surface area contributed by atoms with Gasteiger partial charge in [-0.3, -0.25) is 0 Å². The van der Waals surface area contributed by atoms with Crippen LogP contribution in [0.2, 0.25) is 0 Å². The lowest BCUT2D eigenvalue weighted by atomic mass is 10.2. The molecule has 0 aliphatic carbocycles. The number of aryl methyl sites for hydroxylation is 1. The van der Waals surface area contributed by atoms with E-state index in [2.05, 4.69) is 20.9 Å². The molecule has 0 bridgehead atoms. The van der Waals surface area contributed by atoms with E-state index < -0.39 is 5.97 Å². The third-order valence-corrected chi connectivity index (χ3v) is 3.70. The summed E-state index contributed by atoms with van der Waals surface area (Å²) in [5.74, 6) is -0.298. The highest BCUT2D eigenvalue weighted by Gasteiger charge is 2.09. The Morgan fingerprint density at radius 1 is 1.56 bits per heavy atom. The number of aromatic carboxylic acids is 1. The number of aromatic nitrogens is 1. The van der Waals surface area contributed by atoms with Crippen molar-refractivity contribution in [1.29, 1.82) is 0 Å². The lowest BCUT2D eigenvalue weighted by molar-refractivity contribution is 0.0696. The van der Waals surface area contributed by atoms with Crippen LogP contribution in [0.1, 0.15) is 21.1 Å². The highest BCUT2D eigenvalue weighted by Crippen LogP contribution is 2.26. The summed E-state index contributed by atoms with van der Waals surface area (Å²) < 4.78 is 6.45. The van der Waals surface area contributed by atoms with Crippen LogP contribution >= 0.6 is 27.3 Å². The van der Waals surface area contributed by atoms with E-state index in [1.165, 1.54) is 0 Å². The highest BCUT2D eigenvalue weighted by atomic mass is 79.9. The number of hydrogen-bond donors (Lipinski definition) is 1. The maximum Gasteiger partial charge on any atom is 0.365 e. The molecule has 0 radical (unpaired) electrons. The molecule has 0 aliphatic rings. The van der Waals surface area contributed by atoms with Crippen LogP contribution in [0.5, 0.6) is 5.75 Å². The Bertz CT molecular complexity index is 582. The quantitative estimate of drug-likeness (QED) is 0.933. The molecule has 1 aromatic heterocycles. The molecule has 1 heterocycles. The molecule has 2 rings (SSSR count). The van der Waals surface area contributed by atoms with Gasteiger partial charge in [-0.15, -0.1) is 11.3 Å². The van der Waals surface area contributed by atoms with Crippen molar-refractivity contribution in [2.45, 2.75) is 13.5 Å². The summed E-state index contributed by atoms with van der Waals surface area (Å²) in [6, 6.07) is 5.77. The third kappa shape index (κ3) is 3.08. The molecule has 0 aliphatic heterocycles. The van der Waals surface area contributed by atoms with Crippen LogP contribution in [-0.4, -0.2) is 16.1 Å². The minimum Gasteiger partial charge on any atom is -0.486 e. The number of thiazole rings is 1. The topological polar surface area (TPSA) is 59.4 Å². The van der Waals surface area contributed by atoms with Gasteiger partial charge in [-0.25, -0.2) is 9.78 Å². The second-order valence-corrected chi connectivity index (χ2v) is 5.38. The largest absolute Gasteiger partial charge is 0.486 e. The summed E-state index contributed by atoms with van der Waals surface area (Å²) in [6.45, 7) is 2.25. The van der Waals surface area contributed by atoms with Crippen molar-refractivity contribution < 1.29 is 14.6 Å². The van der Waals surface area contributed by atoms with Gasteiger partial charge >= 0.3 is 5.97 Å². The van der Waals surface area contributed by atoms with Gasteiger partial charge in [0.2, 0.25) is 5.01 Å². The minimum absolute atomic E-state index is 0.0802. The number of halogens is 1. The van der Waals surface area contributed by atoms with Crippen LogP contribution in [0, 0.1) is 6.92 Å². The SMILES string of the molecule is Cc1ccc(OCc2csc(C(=O)O)n2)c(Br)c1. The Morgan fingerprint density at radius 2 is 2.33 bits per heavy atom. The fourth-order valence-electron chi connectivity index (χ4n) is 1.35. The Balaban J connectivity index is 2.04. The molecule has 0 atom stereocenters. The fraction of sp³-hybridized carbons (Fsp3) is 0.167. The summed E-state index contributed by atoms with van der Waals surface area (Å²) in [6.07, 6.45) is 0. The summed E-state index contributed by atoms with van der Waals surface area (Å²) in [4.78, 5) is 14.6. The molecule has 0 fully saturated rings. The Kier molecular flexibility index (Phi) is 3.98. The van der Waals surface area contributed by atoms with E-state index in [0.29, 0.717) is 11.4 Å². The summed E-state index contributed by atoms with van der Waals surface area (Å²) >= 11 is 4.51. The second-order valence-electron chi connectivity index (χ2n) is 3.67. The van der Waals surface area contributed by atoms with Crippen molar-refractivity contribution in [3.8, 4) is 5.75 Å². The van der Waals surface area contributed by atoms with Gasteiger partial charge in [0.25, 0.3) is 0 Å². The van der Waals surface area contributed by atoms with Crippen LogP contribution in [0.4, 0.5) is 0 Å². The maximum atomic E-state index is 10.7. The molecule has 18 heavy (non-hydrogen) atoms. The van der Waals surface area contributed by atoms with E-state index in [-0.39, 0.29) is 11.6 Å². The predicted molar refractivity (Wildman–Crippen MR) is 72.3 cm³/mol. The van der Waals surface area contributed by atoms with Crippen LogP contribution in [0.15, 0.2) is 28.1 Å². The Morgan fingerprint density at radius 3 is 2.94 bits per heavy atom. The number of rotatable bonds is 4. The molecule has 0 spiro atoms. The smallest absolute Gasteiger partial charge is 0.365 e. The molecule has 4 nitrogen and oxygen atoms in total. The molecule has 6 heteroatoms. The number of nitrogens with zero attached hydrogens (tertiary/aromatic N) is 1. The molecule has 0 unspecified atom stereocenters. The average molecular weight is 328 g/mol. The van der Waals surface area contributed by atoms with Crippen molar-refractivity contribution in [3.05, 3.63) is 44.3 Å². The van der Waals surface area contributed by atoms with Gasteiger partial charge < -0.3 is 9.84 Å². The van der Waals surface area contributed by atoms with E-state index in [0.717, 1.165) is 21.4 Å². The molecule has 1 aromatic carbocycles. The van der Waals surface area contributed by atoms with Crippen molar-refractivity contribution >= 4 is 33.2 Å². The van der Waals surface area contributed by atoms with Gasteiger partial charge in [0.1, 0.15) is 12.4 Å². The molecule has 1 N–H and O–H groups in total. The van der Waals surface area contributed by atoms with E-state index in [9.17, 15) is 4.79 Å². The number of carboxylic acid groups (broad SMARTS) is 1. The molecule has 0 saturated carbocycles. The first kappa shape index (κ1) is 13.0. The first-order valence-electron chi connectivity index (χ1n) is 5.13. The molecular formula is C12H10BrNO3S. The standard InChI is InChI=1S/C12H10BrNO3S/c1-7-2-3-10(9(13)4-7)17-5-8-6-18-11(14-8)12(15)16/h2-4,6H,5H2,1H3,(H,15,16). The van der Waals surface area contributed by atoms with Crippen LogP contribution in [0.3, 0.4) is 0 Å². The van der Waals surface area contributed by atoms with E-state index in [1.807, 2.05) is 25.1 Å². The van der Waals surface area contributed by atoms with Gasteiger partial charge in [-0.2, -0.15) is 0 Å². The van der Waals surface area contributed by atoms with E-state index in [4.69, 9.17) is 9.84 Å². The first-order valence-corrected chi connectivity index (χ1v) is 6.80. The van der Waals surface area contributed by atoms with Crippen molar-refractivity contribution in [3.63, 3.8) is 0 Å². The fourth-order valence-corrected chi connectivity index (χ4v) is 2.59. The Labute approximate surface area is 116 Å². The van der Waals surface area contributed by atoms with Gasteiger partial charge in [0, 0.05) is 5.38 Å². The lowest BCUT2D eigenvalue weighted by Crippen LogP contribution is -1.99. The highest BCUT2D eigenvalue weighted by molar-refractivity contribution is 9.10. The van der Waals surface area contributed by atoms with Crippen LogP contribution in [-0.2, 0) is 6.61 Å². The summed E-state index contributed by atoms with van der Waals surface area (Å²) in [5, 5.41) is 10.5. The monoisotopic (exact) mass is 327 g/mol. The zero-order valence-electron chi connectivity index (χ0n) is 9.51. The number of carboxylic acids is 1. The number of ether oxygens (including phenoxy) is 1. The third-order valence-electron chi connectivity index (χ3n) is 2.20. The van der Waals surface area contributed by atoms with Crippen molar-refractivity contribution in [1.82, 2.24) is 4.98 Å². The van der Waals surface area contributed by atoms with Crippen LogP contribution in [0.25, 0.3) is 0 Å². The maximum absolute atomic E-state index is 10.7. The molecule has 0 saturated heterocycles. The zero-order chi connectivity index (χ0) is 13.1. The molecular weight excluding hydrogens is 318 g/mol. The lowest BCUT2D eigenvalue weighted by Gasteiger charge is -2.07. The minimum atomic E-state index is -1.01. The van der Waals surface area contributed by atoms with Crippen LogP contribution < -0.4 is 4.74 Å². The van der Waals surface area contributed by atoms with Gasteiger partial charge in [-0.05, 0) is 40.5 Å². The second kappa shape index (κ2) is 5.49. The number of carbonyl (C=O) groups is 1. The van der Waals surface area contributed by atoms with E-state index in [1.54, 1.807) is 5.38 Å². The molecule has 2 aromatic rings. The predicted octanol–water partition coefficient (Wildman–Crippen LogP) is 3.49. The molecule has 94 valence electrons. The van der Waals surface area contributed by atoms with Gasteiger partial charge in [0.05, 0.1) is 10.2 Å². The number of benzene rings is 1. The summed E-state index contributed by atoms with van der Waals surface area (Å²) in [7, 11) is 0. The summed E-state index contributed by atoms with van der Waals surface area (Å²) in [5.41, 5.74) is 1.75. The van der Waals surface area contributed by atoms with Crippen molar-refractivity contribution in [2.75, 3.05) is 0 Å². The average Bonchev–Trinajstić information content (AvgIpc) is 2.76. The normalized spacial score (nSPS) is 10.3. The van der Waals surface area contributed by atoms with Crippen molar-refractivity contribution in [2.24, 2.45) is 0 Å². The Hall–Kier alpha value is -1.40. The zero-order valence-corrected chi connectivity index (χ0v) is 11.9.